The van der Waals surface area contributed by atoms with Gasteiger partial charge in [-0.05, 0) is 19.4 Å². The van der Waals surface area contributed by atoms with E-state index in [9.17, 15) is 4.79 Å². The fourth-order valence-electron chi connectivity index (χ4n) is 1.98. The van der Waals surface area contributed by atoms with Gasteiger partial charge in [0, 0.05) is 25.0 Å². The van der Waals surface area contributed by atoms with Gasteiger partial charge in [-0.3, -0.25) is 4.79 Å². The maximum Gasteiger partial charge on any atom is 0.219 e. The summed E-state index contributed by atoms with van der Waals surface area (Å²) in [6.07, 6.45) is 2.33. The number of hydrogen-bond acceptors (Lipinski definition) is 3. The molecule has 0 aromatic heterocycles. The standard InChI is InChI=1S/C9H19N3O/c1-2-4-12-5-3-9(11,7-12)6-8(10)13/h2-7,11H2,1H3,(H2,10,13). The SMILES string of the molecule is CCCN1CCC(N)(CC(N)=O)C1. The second-order valence-corrected chi connectivity index (χ2v) is 4.03. The van der Waals surface area contributed by atoms with Crippen LogP contribution in [0.4, 0.5) is 0 Å². The number of hydrogen-bond donors (Lipinski definition) is 2. The lowest BCUT2D eigenvalue weighted by Gasteiger charge is -2.22. The third kappa shape index (κ3) is 2.97. The molecule has 13 heavy (non-hydrogen) atoms. The number of primary amides is 1. The minimum atomic E-state index is -0.360. The summed E-state index contributed by atoms with van der Waals surface area (Å²) in [6, 6.07) is 0. The van der Waals surface area contributed by atoms with Gasteiger partial charge in [0.05, 0.1) is 0 Å². The van der Waals surface area contributed by atoms with Crippen LogP contribution < -0.4 is 11.5 Å². The highest BCUT2D eigenvalue weighted by atomic mass is 16.1. The lowest BCUT2D eigenvalue weighted by Crippen LogP contribution is -2.45. The zero-order chi connectivity index (χ0) is 9.90. The van der Waals surface area contributed by atoms with Gasteiger partial charge >= 0.3 is 0 Å². The van der Waals surface area contributed by atoms with Crippen molar-refractivity contribution in [3.05, 3.63) is 0 Å². The maximum absolute atomic E-state index is 10.7. The molecule has 4 nitrogen and oxygen atoms in total. The first kappa shape index (κ1) is 10.5. The van der Waals surface area contributed by atoms with Crippen molar-refractivity contribution in [2.75, 3.05) is 19.6 Å². The summed E-state index contributed by atoms with van der Waals surface area (Å²) in [7, 11) is 0. The van der Waals surface area contributed by atoms with Gasteiger partial charge in [0.2, 0.25) is 5.91 Å². The number of nitrogens with two attached hydrogens (primary N) is 2. The van der Waals surface area contributed by atoms with Crippen LogP contribution in [0.2, 0.25) is 0 Å². The molecule has 0 spiro atoms. The summed E-state index contributed by atoms with van der Waals surface area (Å²) < 4.78 is 0. The zero-order valence-electron chi connectivity index (χ0n) is 8.25. The van der Waals surface area contributed by atoms with E-state index >= 15 is 0 Å². The molecule has 0 saturated carbocycles. The van der Waals surface area contributed by atoms with Crippen molar-refractivity contribution in [1.29, 1.82) is 0 Å². The Labute approximate surface area is 79.3 Å². The highest BCUT2D eigenvalue weighted by molar-refractivity contribution is 5.75. The van der Waals surface area contributed by atoms with Crippen LogP contribution in [0.1, 0.15) is 26.2 Å². The number of likely N-dealkylation sites (tertiary alicyclic amines) is 1. The summed E-state index contributed by atoms with van der Waals surface area (Å²) in [5, 5.41) is 0. The van der Waals surface area contributed by atoms with Gasteiger partial charge in [0.25, 0.3) is 0 Å². The molecule has 1 aliphatic rings. The van der Waals surface area contributed by atoms with Crippen molar-refractivity contribution >= 4 is 5.91 Å². The van der Waals surface area contributed by atoms with Crippen LogP contribution in [0.3, 0.4) is 0 Å². The van der Waals surface area contributed by atoms with Gasteiger partial charge in [0.15, 0.2) is 0 Å². The molecule has 0 aliphatic carbocycles. The Balaban J connectivity index is 2.41. The Morgan fingerprint density at radius 1 is 1.62 bits per heavy atom. The minimum Gasteiger partial charge on any atom is -0.370 e. The maximum atomic E-state index is 10.7. The van der Waals surface area contributed by atoms with Gasteiger partial charge in [0.1, 0.15) is 0 Å². The molecule has 1 amide bonds. The fraction of sp³-hybridized carbons (Fsp3) is 0.889. The molecule has 0 aromatic carbocycles. The quantitative estimate of drug-likeness (QED) is 0.630. The van der Waals surface area contributed by atoms with Gasteiger partial charge in [-0.25, -0.2) is 0 Å². The van der Waals surface area contributed by atoms with E-state index in [0.29, 0.717) is 6.42 Å². The topological polar surface area (TPSA) is 72.3 Å². The average molecular weight is 185 g/mol. The molecule has 0 bridgehead atoms. The monoisotopic (exact) mass is 185 g/mol. The van der Waals surface area contributed by atoms with Crippen molar-refractivity contribution in [3.8, 4) is 0 Å². The molecule has 1 saturated heterocycles. The van der Waals surface area contributed by atoms with Crippen LogP contribution in [-0.2, 0) is 4.79 Å². The van der Waals surface area contributed by atoms with Crippen LogP contribution in [-0.4, -0.2) is 36.0 Å². The first-order valence-corrected chi connectivity index (χ1v) is 4.85. The molecular formula is C9H19N3O. The van der Waals surface area contributed by atoms with Crippen molar-refractivity contribution in [1.82, 2.24) is 4.90 Å². The van der Waals surface area contributed by atoms with Crippen molar-refractivity contribution in [2.45, 2.75) is 31.7 Å². The molecular weight excluding hydrogens is 166 g/mol. The number of nitrogens with zero attached hydrogens (tertiary/aromatic N) is 1. The van der Waals surface area contributed by atoms with E-state index in [4.69, 9.17) is 11.5 Å². The van der Waals surface area contributed by atoms with Crippen molar-refractivity contribution in [3.63, 3.8) is 0 Å². The van der Waals surface area contributed by atoms with E-state index in [1.807, 2.05) is 0 Å². The highest BCUT2D eigenvalue weighted by Crippen LogP contribution is 2.21. The van der Waals surface area contributed by atoms with E-state index in [2.05, 4.69) is 11.8 Å². The number of rotatable bonds is 4. The molecule has 1 atom stereocenters. The van der Waals surface area contributed by atoms with E-state index in [0.717, 1.165) is 32.5 Å². The van der Waals surface area contributed by atoms with E-state index in [1.54, 1.807) is 0 Å². The Kier molecular flexibility index (Phi) is 3.27. The smallest absolute Gasteiger partial charge is 0.219 e. The largest absolute Gasteiger partial charge is 0.370 e. The summed E-state index contributed by atoms with van der Waals surface area (Å²) in [5.41, 5.74) is 10.8. The summed E-state index contributed by atoms with van der Waals surface area (Å²) >= 11 is 0. The first-order valence-electron chi connectivity index (χ1n) is 4.85. The molecule has 4 N–H and O–H groups in total. The van der Waals surface area contributed by atoms with E-state index < -0.39 is 0 Å². The van der Waals surface area contributed by atoms with Gasteiger partial charge < -0.3 is 16.4 Å². The molecule has 1 rings (SSSR count). The molecule has 1 unspecified atom stereocenters. The summed E-state index contributed by atoms with van der Waals surface area (Å²) in [4.78, 5) is 13.0. The van der Waals surface area contributed by atoms with Gasteiger partial charge in [-0.1, -0.05) is 6.92 Å². The van der Waals surface area contributed by atoms with Crippen molar-refractivity contribution < 1.29 is 4.79 Å². The lowest BCUT2D eigenvalue weighted by molar-refractivity contribution is -0.119. The van der Waals surface area contributed by atoms with Crippen LogP contribution in [0, 0.1) is 0 Å². The molecule has 4 heteroatoms. The number of carbonyl (C=O) groups excluding carboxylic acids is 1. The number of amides is 1. The zero-order valence-corrected chi connectivity index (χ0v) is 8.25. The second-order valence-electron chi connectivity index (χ2n) is 4.03. The Hall–Kier alpha value is -0.610. The van der Waals surface area contributed by atoms with Crippen LogP contribution in [0.15, 0.2) is 0 Å². The molecule has 0 aromatic rings. The third-order valence-electron chi connectivity index (χ3n) is 2.53. The number of carbonyl (C=O) groups is 1. The molecule has 0 radical (unpaired) electrons. The van der Waals surface area contributed by atoms with Crippen molar-refractivity contribution in [2.24, 2.45) is 11.5 Å². The first-order chi connectivity index (χ1) is 6.06. The van der Waals surface area contributed by atoms with E-state index in [1.165, 1.54) is 0 Å². The minimum absolute atomic E-state index is 0.291. The fourth-order valence-corrected chi connectivity index (χ4v) is 1.98. The predicted molar refractivity (Wildman–Crippen MR) is 52.1 cm³/mol. The second kappa shape index (κ2) is 4.07. The molecule has 76 valence electrons. The van der Waals surface area contributed by atoms with Crippen LogP contribution in [0.25, 0.3) is 0 Å². The predicted octanol–water partition coefficient (Wildman–Crippen LogP) is -0.325. The summed E-state index contributed by atoms with van der Waals surface area (Å²) in [5.74, 6) is -0.291. The Morgan fingerprint density at radius 3 is 2.85 bits per heavy atom. The highest BCUT2D eigenvalue weighted by Gasteiger charge is 2.35. The molecule has 1 aliphatic heterocycles. The van der Waals surface area contributed by atoms with Gasteiger partial charge in [-0.15, -0.1) is 0 Å². The lowest BCUT2D eigenvalue weighted by atomic mass is 9.95. The summed E-state index contributed by atoms with van der Waals surface area (Å²) in [6.45, 7) is 5.02. The van der Waals surface area contributed by atoms with Crippen LogP contribution in [0.5, 0.6) is 0 Å². The Bertz CT molecular complexity index is 195. The average Bonchev–Trinajstić information content (AvgIpc) is 2.31. The van der Waals surface area contributed by atoms with E-state index in [-0.39, 0.29) is 11.4 Å². The van der Waals surface area contributed by atoms with Gasteiger partial charge in [-0.2, -0.15) is 0 Å². The Morgan fingerprint density at radius 2 is 2.31 bits per heavy atom. The van der Waals surface area contributed by atoms with Crippen LogP contribution >= 0.6 is 0 Å². The third-order valence-corrected chi connectivity index (χ3v) is 2.53. The molecule has 1 fully saturated rings. The molecule has 1 heterocycles. The normalized spacial score (nSPS) is 29.4.